The van der Waals surface area contributed by atoms with Crippen molar-refractivity contribution in [2.45, 2.75) is 6.04 Å². The van der Waals surface area contributed by atoms with Crippen molar-refractivity contribution in [1.82, 2.24) is 10.2 Å². The molecule has 1 aliphatic rings. The van der Waals surface area contributed by atoms with E-state index in [9.17, 15) is 0 Å². The zero-order valence-corrected chi connectivity index (χ0v) is 5.93. The smallest absolute Gasteiger partial charge is 0.0340 e. The molecule has 0 aromatic carbocycles. The summed E-state index contributed by atoms with van der Waals surface area (Å²) in [6.07, 6.45) is 0. The minimum absolute atomic E-state index is 0.554. The Bertz CT molecular complexity index is 84.4. The predicted octanol–water partition coefficient (Wildman–Crippen LogP) is -1.15. The molecule has 0 amide bonds. The van der Waals surface area contributed by atoms with Gasteiger partial charge < -0.3 is 11.1 Å². The van der Waals surface area contributed by atoms with Crippen molar-refractivity contribution in [3.63, 3.8) is 0 Å². The Kier molecular flexibility index (Phi) is 2.45. The van der Waals surface area contributed by atoms with Gasteiger partial charge in [-0.15, -0.1) is 0 Å². The van der Waals surface area contributed by atoms with E-state index in [1.807, 2.05) is 0 Å². The summed E-state index contributed by atoms with van der Waals surface area (Å²) in [5.41, 5.74) is 5.51. The van der Waals surface area contributed by atoms with Crippen LogP contribution in [-0.4, -0.2) is 44.2 Å². The fourth-order valence-electron chi connectivity index (χ4n) is 1.13. The molecule has 0 aromatic rings. The Morgan fingerprint density at radius 1 is 1.78 bits per heavy atom. The first-order chi connectivity index (χ1) is 4.34. The standard InChI is InChI=1S/C6H15N3/c1-9-3-2-8-5-6(9)4-7/h6,8H,2-5,7H2,1H3. The average molecular weight is 129 g/mol. The summed E-state index contributed by atoms with van der Waals surface area (Å²) in [5, 5.41) is 3.29. The van der Waals surface area contributed by atoms with Gasteiger partial charge in [-0.2, -0.15) is 0 Å². The number of nitrogens with one attached hydrogen (secondary N) is 1. The molecule has 1 atom stereocenters. The van der Waals surface area contributed by atoms with Crippen LogP contribution >= 0.6 is 0 Å². The van der Waals surface area contributed by atoms with Crippen molar-refractivity contribution in [2.24, 2.45) is 5.73 Å². The van der Waals surface area contributed by atoms with Crippen LogP contribution in [0.3, 0.4) is 0 Å². The highest BCUT2D eigenvalue weighted by Crippen LogP contribution is 1.95. The molecule has 0 saturated carbocycles. The summed E-state index contributed by atoms with van der Waals surface area (Å²) in [5.74, 6) is 0. The molecule has 1 aliphatic heterocycles. The van der Waals surface area contributed by atoms with E-state index in [1.165, 1.54) is 0 Å². The molecule has 0 aromatic heterocycles. The van der Waals surface area contributed by atoms with Crippen molar-refractivity contribution in [3.8, 4) is 0 Å². The highest BCUT2D eigenvalue weighted by Gasteiger charge is 2.15. The summed E-state index contributed by atoms with van der Waals surface area (Å²) in [4.78, 5) is 2.30. The molecule has 1 saturated heterocycles. The summed E-state index contributed by atoms with van der Waals surface area (Å²) >= 11 is 0. The molecule has 0 aliphatic carbocycles. The second kappa shape index (κ2) is 3.15. The van der Waals surface area contributed by atoms with Crippen LogP contribution in [-0.2, 0) is 0 Å². The lowest BCUT2D eigenvalue weighted by molar-refractivity contribution is 0.205. The quantitative estimate of drug-likeness (QED) is 0.469. The lowest BCUT2D eigenvalue weighted by atomic mass is 10.2. The van der Waals surface area contributed by atoms with Gasteiger partial charge >= 0.3 is 0 Å². The van der Waals surface area contributed by atoms with E-state index in [-0.39, 0.29) is 0 Å². The molecule has 0 bridgehead atoms. The molecule has 0 radical (unpaired) electrons. The van der Waals surface area contributed by atoms with Crippen molar-refractivity contribution in [3.05, 3.63) is 0 Å². The molecule has 54 valence electrons. The summed E-state index contributed by atoms with van der Waals surface area (Å²) < 4.78 is 0. The molecular weight excluding hydrogens is 114 g/mol. The van der Waals surface area contributed by atoms with Crippen LogP contribution in [0.4, 0.5) is 0 Å². The lowest BCUT2D eigenvalue weighted by Crippen LogP contribution is -2.52. The normalized spacial score (nSPS) is 30.7. The van der Waals surface area contributed by atoms with Crippen LogP contribution in [0.1, 0.15) is 0 Å². The summed E-state index contributed by atoms with van der Waals surface area (Å²) in [6.45, 7) is 4.05. The first-order valence-electron chi connectivity index (χ1n) is 3.45. The molecule has 1 heterocycles. The largest absolute Gasteiger partial charge is 0.329 e. The lowest BCUT2D eigenvalue weighted by Gasteiger charge is -2.31. The highest BCUT2D eigenvalue weighted by molar-refractivity contribution is 4.77. The van der Waals surface area contributed by atoms with Gasteiger partial charge in [-0.1, -0.05) is 0 Å². The number of nitrogens with two attached hydrogens (primary N) is 1. The maximum atomic E-state index is 5.51. The Balaban J connectivity index is 2.30. The van der Waals surface area contributed by atoms with E-state index in [0.29, 0.717) is 6.04 Å². The van der Waals surface area contributed by atoms with Gasteiger partial charge in [-0.05, 0) is 7.05 Å². The molecule has 0 spiro atoms. The van der Waals surface area contributed by atoms with Crippen molar-refractivity contribution in [1.29, 1.82) is 0 Å². The SMILES string of the molecule is CN1CCNCC1CN. The number of nitrogens with zero attached hydrogens (tertiary/aromatic N) is 1. The average Bonchev–Trinajstić information content (AvgIpc) is 1.89. The van der Waals surface area contributed by atoms with Gasteiger partial charge in [0, 0.05) is 32.2 Å². The van der Waals surface area contributed by atoms with Crippen molar-refractivity contribution >= 4 is 0 Å². The van der Waals surface area contributed by atoms with E-state index in [2.05, 4.69) is 17.3 Å². The van der Waals surface area contributed by atoms with Crippen LogP contribution in [0.2, 0.25) is 0 Å². The monoisotopic (exact) mass is 129 g/mol. The van der Waals surface area contributed by atoms with E-state index < -0.39 is 0 Å². The molecule has 1 rings (SSSR count). The molecule has 1 fully saturated rings. The van der Waals surface area contributed by atoms with E-state index in [1.54, 1.807) is 0 Å². The van der Waals surface area contributed by atoms with Gasteiger partial charge in [0.15, 0.2) is 0 Å². The van der Waals surface area contributed by atoms with E-state index in [4.69, 9.17) is 5.73 Å². The van der Waals surface area contributed by atoms with Gasteiger partial charge in [0.25, 0.3) is 0 Å². The van der Waals surface area contributed by atoms with Crippen molar-refractivity contribution < 1.29 is 0 Å². The predicted molar refractivity (Wildman–Crippen MR) is 38.3 cm³/mol. The molecule has 9 heavy (non-hydrogen) atoms. The van der Waals surface area contributed by atoms with E-state index in [0.717, 1.165) is 26.2 Å². The Morgan fingerprint density at radius 2 is 2.56 bits per heavy atom. The number of likely N-dealkylation sites (N-methyl/N-ethyl adjacent to an activating group) is 1. The number of hydrogen-bond donors (Lipinski definition) is 2. The zero-order valence-electron chi connectivity index (χ0n) is 5.93. The summed E-state index contributed by atoms with van der Waals surface area (Å²) in [6, 6.07) is 0.554. The molecule has 3 N–H and O–H groups in total. The van der Waals surface area contributed by atoms with Crippen LogP contribution in [0.25, 0.3) is 0 Å². The summed E-state index contributed by atoms with van der Waals surface area (Å²) in [7, 11) is 2.12. The van der Waals surface area contributed by atoms with Crippen LogP contribution in [0.15, 0.2) is 0 Å². The number of rotatable bonds is 1. The van der Waals surface area contributed by atoms with Crippen molar-refractivity contribution in [2.75, 3.05) is 33.2 Å². The second-order valence-electron chi connectivity index (χ2n) is 2.57. The maximum absolute atomic E-state index is 5.51. The van der Waals surface area contributed by atoms with Gasteiger partial charge in [0.1, 0.15) is 0 Å². The fourth-order valence-corrected chi connectivity index (χ4v) is 1.13. The first-order valence-corrected chi connectivity index (χ1v) is 3.45. The minimum Gasteiger partial charge on any atom is -0.329 e. The Labute approximate surface area is 56.2 Å². The third-order valence-corrected chi connectivity index (χ3v) is 1.92. The second-order valence-corrected chi connectivity index (χ2v) is 2.57. The minimum atomic E-state index is 0.554. The van der Waals surface area contributed by atoms with Crippen LogP contribution in [0, 0.1) is 0 Å². The van der Waals surface area contributed by atoms with Gasteiger partial charge in [0.05, 0.1) is 0 Å². The highest BCUT2D eigenvalue weighted by atomic mass is 15.2. The van der Waals surface area contributed by atoms with Gasteiger partial charge in [0.2, 0.25) is 0 Å². The first kappa shape index (κ1) is 6.99. The van der Waals surface area contributed by atoms with Crippen LogP contribution < -0.4 is 11.1 Å². The molecule has 3 heteroatoms. The van der Waals surface area contributed by atoms with E-state index >= 15 is 0 Å². The van der Waals surface area contributed by atoms with Gasteiger partial charge in [-0.3, -0.25) is 4.90 Å². The molecule has 3 nitrogen and oxygen atoms in total. The maximum Gasteiger partial charge on any atom is 0.0340 e. The Hall–Kier alpha value is -0.120. The van der Waals surface area contributed by atoms with Crippen LogP contribution in [0.5, 0.6) is 0 Å². The fraction of sp³-hybridized carbons (Fsp3) is 1.00. The number of hydrogen-bond acceptors (Lipinski definition) is 3. The molecule has 1 unspecified atom stereocenters. The third kappa shape index (κ3) is 1.64. The molecular formula is C6H15N3. The zero-order chi connectivity index (χ0) is 6.69. The topological polar surface area (TPSA) is 41.3 Å². The Morgan fingerprint density at radius 3 is 3.00 bits per heavy atom. The van der Waals surface area contributed by atoms with Gasteiger partial charge in [-0.25, -0.2) is 0 Å². The number of piperazine rings is 1. The third-order valence-electron chi connectivity index (χ3n) is 1.92.